The number of hydrogen-bond donors (Lipinski definition) is 1. The summed E-state index contributed by atoms with van der Waals surface area (Å²) in [5, 5.41) is 2.82. The molecule has 5 heteroatoms. The Labute approximate surface area is 119 Å². The molecule has 0 spiro atoms. The average molecular weight is 279 g/mol. The topological polar surface area (TPSA) is 64.6 Å². The number of carbonyl (C=O) groups excluding carboxylic acids is 2. The minimum absolute atomic E-state index is 0.284. The molecular weight excluding hydrogens is 258 g/mol. The summed E-state index contributed by atoms with van der Waals surface area (Å²) in [6.45, 7) is 0.660. The van der Waals surface area contributed by atoms with Gasteiger partial charge in [0.15, 0.2) is 0 Å². The van der Waals surface area contributed by atoms with Crippen molar-refractivity contribution in [3.05, 3.63) is 24.0 Å². The van der Waals surface area contributed by atoms with Crippen LogP contribution >= 0.6 is 0 Å². The van der Waals surface area contributed by atoms with Crippen LogP contribution in [0, 0.1) is 0 Å². The Morgan fingerprint density at radius 2 is 2.10 bits per heavy atom. The van der Waals surface area contributed by atoms with Crippen LogP contribution in [-0.2, 0) is 19.1 Å². The predicted molar refractivity (Wildman–Crippen MR) is 73.8 cm³/mol. The van der Waals surface area contributed by atoms with Gasteiger partial charge in [-0.1, -0.05) is 19.3 Å². The van der Waals surface area contributed by atoms with Crippen LogP contribution in [0.5, 0.6) is 0 Å². The average Bonchev–Trinajstić information content (AvgIpc) is 2.98. The number of ether oxygens (including phenoxy) is 2. The molecule has 1 saturated carbocycles. The Hall–Kier alpha value is -1.78. The third kappa shape index (κ3) is 3.40. The fraction of sp³-hybridized carbons (Fsp3) is 0.600. The lowest BCUT2D eigenvalue weighted by atomic mass is 9.81. The van der Waals surface area contributed by atoms with Crippen LogP contribution in [0.4, 0.5) is 0 Å². The maximum absolute atomic E-state index is 12.0. The summed E-state index contributed by atoms with van der Waals surface area (Å²) >= 11 is 0. The fourth-order valence-electron chi connectivity index (χ4n) is 2.72. The van der Waals surface area contributed by atoms with E-state index in [1.54, 1.807) is 6.08 Å². The Morgan fingerprint density at radius 1 is 1.35 bits per heavy atom. The molecule has 0 bridgehead atoms. The number of esters is 1. The van der Waals surface area contributed by atoms with E-state index in [9.17, 15) is 9.59 Å². The fourth-order valence-corrected chi connectivity index (χ4v) is 2.72. The van der Waals surface area contributed by atoms with E-state index in [1.807, 2.05) is 6.08 Å². The molecule has 110 valence electrons. The Balaban J connectivity index is 2.00. The zero-order chi connectivity index (χ0) is 14.4. The maximum Gasteiger partial charge on any atom is 0.331 e. The SMILES string of the molecule is COC(=O)C1(NC(=O)/C=C/C2=CCCO2)CCCCC1. The molecule has 1 fully saturated rings. The minimum Gasteiger partial charge on any atom is -0.494 e. The van der Waals surface area contributed by atoms with Crippen molar-refractivity contribution in [3.8, 4) is 0 Å². The van der Waals surface area contributed by atoms with E-state index in [4.69, 9.17) is 9.47 Å². The second kappa shape index (κ2) is 6.59. The molecule has 1 amide bonds. The van der Waals surface area contributed by atoms with Gasteiger partial charge in [-0.05, 0) is 25.0 Å². The smallest absolute Gasteiger partial charge is 0.331 e. The van der Waals surface area contributed by atoms with Gasteiger partial charge in [0.05, 0.1) is 13.7 Å². The van der Waals surface area contributed by atoms with E-state index in [1.165, 1.54) is 13.2 Å². The number of methoxy groups -OCH3 is 1. The quantitative estimate of drug-likeness (QED) is 0.630. The van der Waals surface area contributed by atoms with Gasteiger partial charge in [0, 0.05) is 12.5 Å². The van der Waals surface area contributed by atoms with Crippen molar-refractivity contribution in [2.75, 3.05) is 13.7 Å². The predicted octanol–water partition coefficient (Wildman–Crippen LogP) is 1.84. The van der Waals surface area contributed by atoms with Crippen LogP contribution in [0.15, 0.2) is 24.0 Å². The number of nitrogens with one attached hydrogen (secondary N) is 1. The summed E-state index contributed by atoms with van der Waals surface area (Å²) in [5.41, 5.74) is -0.862. The van der Waals surface area contributed by atoms with E-state index in [0.717, 1.165) is 25.7 Å². The molecule has 0 saturated heterocycles. The van der Waals surface area contributed by atoms with E-state index < -0.39 is 5.54 Å². The highest BCUT2D eigenvalue weighted by Gasteiger charge is 2.41. The molecule has 5 nitrogen and oxygen atoms in total. The van der Waals surface area contributed by atoms with Crippen LogP contribution in [0.25, 0.3) is 0 Å². The lowest BCUT2D eigenvalue weighted by molar-refractivity contribution is -0.152. The largest absolute Gasteiger partial charge is 0.494 e. The molecule has 0 aromatic rings. The number of allylic oxidation sites excluding steroid dienone is 1. The van der Waals surface area contributed by atoms with E-state index in [0.29, 0.717) is 25.2 Å². The van der Waals surface area contributed by atoms with E-state index in [2.05, 4.69) is 5.32 Å². The van der Waals surface area contributed by atoms with E-state index >= 15 is 0 Å². The van der Waals surface area contributed by atoms with Gasteiger partial charge in [-0.3, -0.25) is 4.79 Å². The summed E-state index contributed by atoms with van der Waals surface area (Å²) in [4.78, 5) is 24.0. The van der Waals surface area contributed by atoms with Gasteiger partial charge in [-0.15, -0.1) is 0 Å². The van der Waals surface area contributed by atoms with Crippen LogP contribution in [0.1, 0.15) is 38.5 Å². The number of hydrogen-bond acceptors (Lipinski definition) is 4. The van der Waals surface area contributed by atoms with Crippen molar-refractivity contribution in [1.82, 2.24) is 5.32 Å². The van der Waals surface area contributed by atoms with Crippen molar-refractivity contribution in [2.24, 2.45) is 0 Å². The standard InChI is InChI=1S/C15H21NO4/c1-19-14(18)15(9-3-2-4-10-15)16-13(17)8-7-12-6-5-11-20-12/h6-8H,2-5,9-11H2,1H3,(H,16,17)/b8-7+. The van der Waals surface area contributed by atoms with Crippen LogP contribution in [0.2, 0.25) is 0 Å². The first-order valence-electron chi connectivity index (χ1n) is 7.08. The molecule has 2 rings (SSSR count). The molecule has 0 aromatic carbocycles. The van der Waals surface area contributed by atoms with Crippen molar-refractivity contribution in [1.29, 1.82) is 0 Å². The van der Waals surface area contributed by atoms with Gasteiger partial charge >= 0.3 is 5.97 Å². The summed E-state index contributed by atoms with van der Waals surface area (Å²) in [5.74, 6) is 0.0693. The first kappa shape index (κ1) is 14.6. The molecule has 0 atom stereocenters. The molecule has 20 heavy (non-hydrogen) atoms. The molecule has 1 aliphatic heterocycles. The molecule has 1 N–H and O–H groups in total. The Morgan fingerprint density at radius 3 is 2.70 bits per heavy atom. The van der Waals surface area contributed by atoms with Crippen molar-refractivity contribution >= 4 is 11.9 Å². The second-order valence-corrected chi connectivity index (χ2v) is 5.20. The van der Waals surface area contributed by atoms with Crippen molar-refractivity contribution in [2.45, 2.75) is 44.1 Å². The molecule has 0 radical (unpaired) electrons. The van der Waals surface area contributed by atoms with Gasteiger partial charge in [-0.25, -0.2) is 4.79 Å². The van der Waals surface area contributed by atoms with Gasteiger partial charge in [0.25, 0.3) is 0 Å². The highest BCUT2D eigenvalue weighted by Crippen LogP contribution is 2.29. The number of rotatable bonds is 4. The lowest BCUT2D eigenvalue weighted by Crippen LogP contribution is -2.55. The summed E-state index contributed by atoms with van der Waals surface area (Å²) in [6.07, 6.45) is 10.1. The zero-order valence-corrected chi connectivity index (χ0v) is 11.8. The molecule has 0 unspecified atom stereocenters. The minimum atomic E-state index is -0.862. The summed E-state index contributed by atoms with van der Waals surface area (Å²) < 4.78 is 10.1. The molecular formula is C15H21NO4. The monoisotopic (exact) mass is 279 g/mol. The molecule has 0 aromatic heterocycles. The first-order chi connectivity index (χ1) is 9.66. The molecule has 2 aliphatic rings. The third-order valence-corrected chi connectivity index (χ3v) is 3.78. The van der Waals surface area contributed by atoms with Crippen LogP contribution in [0.3, 0.4) is 0 Å². The van der Waals surface area contributed by atoms with Gasteiger partial charge in [-0.2, -0.15) is 0 Å². The Kier molecular flexibility index (Phi) is 4.82. The lowest BCUT2D eigenvalue weighted by Gasteiger charge is -2.34. The number of amides is 1. The number of carbonyl (C=O) groups is 2. The summed E-state index contributed by atoms with van der Waals surface area (Å²) in [7, 11) is 1.36. The second-order valence-electron chi connectivity index (χ2n) is 5.20. The highest BCUT2D eigenvalue weighted by molar-refractivity contribution is 5.93. The Bertz CT molecular complexity index is 433. The van der Waals surface area contributed by atoms with Crippen molar-refractivity contribution < 1.29 is 19.1 Å². The zero-order valence-electron chi connectivity index (χ0n) is 11.8. The maximum atomic E-state index is 12.0. The van der Waals surface area contributed by atoms with Crippen LogP contribution < -0.4 is 5.32 Å². The third-order valence-electron chi connectivity index (χ3n) is 3.78. The molecule has 1 heterocycles. The van der Waals surface area contributed by atoms with E-state index in [-0.39, 0.29) is 11.9 Å². The van der Waals surface area contributed by atoms with Gasteiger partial charge < -0.3 is 14.8 Å². The van der Waals surface area contributed by atoms with Crippen LogP contribution in [-0.4, -0.2) is 31.1 Å². The van der Waals surface area contributed by atoms with Crippen molar-refractivity contribution in [3.63, 3.8) is 0 Å². The molecule has 1 aliphatic carbocycles. The first-order valence-corrected chi connectivity index (χ1v) is 7.08. The normalized spacial score (nSPS) is 21.1. The highest BCUT2D eigenvalue weighted by atomic mass is 16.5. The summed E-state index contributed by atoms with van der Waals surface area (Å²) in [6, 6.07) is 0. The van der Waals surface area contributed by atoms with Gasteiger partial charge in [0.2, 0.25) is 5.91 Å². The van der Waals surface area contributed by atoms with Gasteiger partial charge in [0.1, 0.15) is 11.3 Å².